The van der Waals surface area contributed by atoms with Gasteiger partial charge in [-0.25, -0.2) is 0 Å². The molecule has 8 heteroatoms. The number of rotatable bonds is 2. The van der Waals surface area contributed by atoms with Crippen LogP contribution in [0.5, 0.6) is 0 Å². The van der Waals surface area contributed by atoms with Gasteiger partial charge in [-0.3, -0.25) is 20.0 Å². The van der Waals surface area contributed by atoms with E-state index in [2.05, 4.69) is 25.1 Å². The highest BCUT2D eigenvalue weighted by molar-refractivity contribution is 6.06. The molecule has 2 aromatic heterocycles. The van der Waals surface area contributed by atoms with E-state index in [0.717, 1.165) is 27.3 Å². The van der Waals surface area contributed by atoms with Crippen molar-refractivity contribution >= 4 is 28.2 Å². The van der Waals surface area contributed by atoms with Crippen LogP contribution in [0.3, 0.4) is 0 Å². The summed E-state index contributed by atoms with van der Waals surface area (Å²) in [6.07, 6.45) is 3.39. The zero-order valence-electron chi connectivity index (χ0n) is 14.6. The van der Waals surface area contributed by atoms with Crippen molar-refractivity contribution in [1.29, 1.82) is 0 Å². The number of hydrogen-bond acceptors (Lipinski definition) is 7. The van der Waals surface area contributed by atoms with Gasteiger partial charge < -0.3 is 15.8 Å². The molecule has 134 valence electrons. The van der Waals surface area contributed by atoms with E-state index in [1.165, 1.54) is 0 Å². The summed E-state index contributed by atoms with van der Waals surface area (Å²) >= 11 is 0. The normalized spacial score (nSPS) is 20.3. The molecule has 0 saturated heterocycles. The molecule has 0 bridgehead atoms. The lowest BCUT2D eigenvalue weighted by Gasteiger charge is -2.13. The molecule has 0 radical (unpaired) electrons. The number of anilines is 1. The molecule has 5 rings (SSSR count). The fourth-order valence-corrected chi connectivity index (χ4v) is 3.38. The number of fused-ring (bicyclic) bond motifs is 2. The molecule has 1 unspecified atom stereocenters. The minimum Gasteiger partial charge on any atom is -0.505 e. The number of H-pyrrole nitrogens is 1. The minimum absolute atomic E-state index is 0.0570. The summed E-state index contributed by atoms with van der Waals surface area (Å²) in [7, 11) is 0. The number of aromatic amines is 1. The lowest BCUT2D eigenvalue weighted by Crippen LogP contribution is -2.24. The highest BCUT2D eigenvalue weighted by atomic mass is 16.3. The van der Waals surface area contributed by atoms with E-state index in [9.17, 15) is 5.11 Å². The van der Waals surface area contributed by atoms with Crippen LogP contribution in [-0.2, 0) is 0 Å². The van der Waals surface area contributed by atoms with Crippen LogP contribution in [0.1, 0.15) is 12.6 Å². The number of nitrogens with one attached hydrogen (secondary N) is 1. The Bertz CT molecular complexity index is 1220. The third-order valence-electron chi connectivity index (χ3n) is 4.72. The predicted molar refractivity (Wildman–Crippen MR) is 103 cm³/mol. The number of nitrogens with zero attached hydrogens (tertiary/aromatic N) is 5. The second-order valence-corrected chi connectivity index (χ2v) is 6.58. The lowest BCUT2D eigenvalue weighted by atomic mass is 10.1. The maximum absolute atomic E-state index is 10.8. The summed E-state index contributed by atoms with van der Waals surface area (Å²) in [5.41, 5.74) is 9.01. The van der Waals surface area contributed by atoms with Gasteiger partial charge in [-0.2, -0.15) is 5.10 Å². The fraction of sp³-hybridized carbons (Fsp3) is 0.158. The Morgan fingerprint density at radius 1 is 1.22 bits per heavy atom. The maximum Gasteiger partial charge on any atom is 0.152 e. The smallest absolute Gasteiger partial charge is 0.152 e. The van der Waals surface area contributed by atoms with E-state index in [1.54, 1.807) is 17.4 Å². The molecule has 27 heavy (non-hydrogen) atoms. The fourth-order valence-electron chi connectivity index (χ4n) is 3.38. The minimum atomic E-state index is -0.0570. The Morgan fingerprint density at radius 3 is 2.93 bits per heavy atom. The average Bonchev–Trinajstić information content (AvgIpc) is 3.35. The summed E-state index contributed by atoms with van der Waals surface area (Å²) in [6, 6.07) is 9.50. The SMILES string of the molecule is CC1N=c2ccc(N3CC(=C(O)c4cc5cnccc5[nH]4)C(N)=N3)cc2=N1. The summed E-state index contributed by atoms with van der Waals surface area (Å²) in [4.78, 5) is 16.2. The number of hydrazone groups is 1. The molecule has 2 aliphatic heterocycles. The Morgan fingerprint density at radius 2 is 2.07 bits per heavy atom. The molecule has 4 N–H and O–H groups in total. The molecule has 2 aliphatic rings. The standard InChI is InChI=1S/C19H17N7O/c1-10-22-15-3-2-12(7-16(15)23-10)26-9-13(19(20)25-26)18(27)17-6-11-8-21-5-4-14(11)24-17/h2-8,10,24,27H,9H2,1H3,(H2,20,25). The number of aliphatic hydroxyl groups is 1. The van der Waals surface area contributed by atoms with Gasteiger partial charge in [0.15, 0.2) is 5.84 Å². The van der Waals surface area contributed by atoms with Crippen LogP contribution < -0.4 is 21.5 Å². The first kappa shape index (κ1) is 15.6. The molecule has 1 atom stereocenters. The van der Waals surface area contributed by atoms with Crippen molar-refractivity contribution in [3.05, 3.63) is 64.7 Å². The molecule has 0 spiro atoms. The molecule has 0 aliphatic carbocycles. The van der Waals surface area contributed by atoms with Crippen molar-refractivity contribution in [1.82, 2.24) is 9.97 Å². The second kappa shape index (κ2) is 5.66. The molecule has 8 nitrogen and oxygen atoms in total. The maximum atomic E-state index is 10.8. The molecular weight excluding hydrogens is 342 g/mol. The second-order valence-electron chi connectivity index (χ2n) is 6.58. The number of amidine groups is 1. The Hall–Kier alpha value is -3.68. The molecule has 3 aromatic rings. The number of pyridine rings is 1. The Labute approximate surface area is 154 Å². The average molecular weight is 359 g/mol. The van der Waals surface area contributed by atoms with Gasteiger partial charge >= 0.3 is 0 Å². The van der Waals surface area contributed by atoms with Gasteiger partial charge in [-0.1, -0.05) is 0 Å². The third kappa shape index (κ3) is 2.53. The van der Waals surface area contributed by atoms with E-state index in [-0.39, 0.29) is 11.9 Å². The third-order valence-corrected chi connectivity index (χ3v) is 4.72. The molecule has 0 fully saturated rings. The number of benzene rings is 1. The van der Waals surface area contributed by atoms with Crippen molar-refractivity contribution < 1.29 is 5.11 Å². The lowest BCUT2D eigenvalue weighted by molar-refractivity contribution is 0.505. The quantitative estimate of drug-likeness (QED) is 0.597. The zero-order chi connectivity index (χ0) is 18.5. The number of aromatic nitrogens is 2. The number of aliphatic hydroxyl groups excluding tert-OH is 1. The van der Waals surface area contributed by atoms with Gasteiger partial charge in [-0.05, 0) is 37.3 Å². The van der Waals surface area contributed by atoms with E-state index in [4.69, 9.17) is 5.73 Å². The van der Waals surface area contributed by atoms with Crippen LogP contribution in [0.15, 0.2) is 63.4 Å². The predicted octanol–water partition coefficient (Wildman–Crippen LogP) is 1.22. The summed E-state index contributed by atoms with van der Waals surface area (Å²) in [5.74, 6) is 0.379. The topological polar surface area (TPSA) is 115 Å². The molecule has 4 heterocycles. The van der Waals surface area contributed by atoms with Gasteiger partial charge in [0.1, 0.15) is 11.9 Å². The highest BCUT2D eigenvalue weighted by Crippen LogP contribution is 2.26. The summed E-state index contributed by atoms with van der Waals surface area (Å²) in [6.45, 7) is 2.32. The van der Waals surface area contributed by atoms with Crippen LogP contribution in [-0.4, -0.2) is 33.6 Å². The summed E-state index contributed by atoms with van der Waals surface area (Å²) in [5, 5.41) is 19.6. The van der Waals surface area contributed by atoms with Crippen LogP contribution >= 0.6 is 0 Å². The van der Waals surface area contributed by atoms with Crippen LogP contribution in [0.4, 0.5) is 5.69 Å². The van der Waals surface area contributed by atoms with Crippen molar-refractivity contribution in [2.45, 2.75) is 13.1 Å². The van der Waals surface area contributed by atoms with Gasteiger partial charge in [0.2, 0.25) is 0 Å². The molecule has 1 aromatic carbocycles. The van der Waals surface area contributed by atoms with Crippen molar-refractivity contribution in [2.24, 2.45) is 20.8 Å². The van der Waals surface area contributed by atoms with Crippen LogP contribution in [0.2, 0.25) is 0 Å². The van der Waals surface area contributed by atoms with Crippen molar-refractivity contribution in [3.8, 4) is 0 Å². The van der Waals surface area contributed by atoms with Crippen LogP contribution in [0.25, 0.3) is 16.7 Å². The van der Waals surface area contributed by atoms with Crippen molar-refractivity contribution in [3.63, 3.8) is 0 Å². The zero-order valence-corrected chi connectivity index (χ0v) is 14.6. The Balaban J connectivity index is 1.51. The van der Waals surface area contributed by atoms with E-state index < -0.39 is 0 Å². The van der Waals surface area contributed by atoms with Gasteiger partial charge in [-0.15, -0.1) is 0 Å². The van der Waals surface area contributed by atoms with Crippen molar-refractivity contribution in [2.75, 3.05) is 11.6 Å². The van der Waals surface area contributed by atoms with Gasteiger partial charge in [0.25, 0.3) is 0 Å². The van der Waals surface area contributed by atoms with Gasteiger partial charge in [0, 0.05) is 23.3 Å². The molecular formula is C19H17N7O. The van der Waals surface area contributed by atoms with Gasteiger partial charge in [0.05, 0.1) is 34.2 Å². The number of nitrogens with two attached hydrogens (primary N) is 1. The first-order valence-electron chi connectivity index (χ1n) is 8.61. The van der Waals surface area contributed by atoms with E-state index in [0.29, 0.717) is 23.6 Å². The Kier molecular flexibility index (Phi) is 3.27. The van der Waals surface area contributed by atoms with E-state index in [1.807, 2.05) is 37.3 Å². The molecule has 0 amide bonds. The first-order chi connectivity index (χ1) is 13.1. The van der Waals surface area contributed by atoms with Crippen LogP contribution in [0, 0.1) is 0 Å². The first-order valence-corrected chi connectivity index (χ1v) is 8.61. The van der Waals surface area contributed by atoms with E-state index >= 15 is 0 Å². The summed E-state index contributed by atoms with van der Waals surface area (Å²) < 4.78 is 0. The number of hydrogen-bond donors (Lipinski definition) is 3. The highest BCUT2D eigenvalue weighted by Gasteiger charge is 2.24. The monoisotopic (exact) mass is 359 g/mol. The largest absolute Gasteiger partial charge is 0.505 e. The molecule has 0 saturated carbocycles.